The minimum Gasteiger partial charge on any atom is -0.462 e. The highest BCUT2D eigenvalue weighted by Gasteiger charge is 2.81. The van der Waals surface area contributed by atoms with E-state index in [9.17, 15) is 9.59 Å². The molecule has 0 aromatic heterocycles. The maximum atomic E-state index is 12.3. The third kappa shape index (κ3) is 3.25. The van der Waals surface area contributed by atoms with Crippen LogP contribution in [0.25, 0.3) is 0 Å². The molecule has 0 unspecified atom stereocenters. The lowest BCUT2D eigenvalue weighted by Crippen LogP contribution is -2.60. The van der Waals surface area contributed by atoms with Crippen molar-refractivity contribution in [1.29, 1.82) is 0 Å². The van der Waals surface area contributed by atoms with Crippen LogP contribution in [0, 0.1) is 34.5 Å². The second-order valence-corrected chi connectivity index (χ2v) is 14.9. The number of rotatable bonds is 3. The average molecular weight is 541 g/mol. The standard InChI is InChI=1S/C32H44O7/c1-17(24-16-30(7)27(3,4)38-31(8,36-24)39-30)32-25(37-32)15-22-26-21(10-12-29(22,32)6)28(5)11-9-20(34)13-19(28)14-23(26)35-18(2)33/h9,11,13,17,21-26H,10,12,14-16H2,1-8H3/t17-,21+,22+,23-,24-,25+,26-,28+,29+,30-,31+,32+/m1/s1. The molecule has 7 nitrogen and oxygen atoms in total. The Morgan fingerprint density at radius 1 is 1.08 bits per heavy atom. The molecule has 3 aliphatic heterocycles. The normalized spacial score (nSPS) is 55.1. The Balaban J connectivity index is 1.23. The molecule has 39 heavy (non-hydrogen) atoms. The van der Waals surface area contributed by atoms with Crippen LogP contribution in [0.3, 0.4) is 0 Å². The molecule has 0 radical (unpaired) electrons. The number of esters is 1. The minimum absolute atomic E-state index is 0.0337. The van der Waals surface area contributed by atoms with Crippen molar-refractivity contribution >= 4 is 11.8 Å². The summed E-state index contributed by atoms with van der Waals surface area (Å²) in [5.74, 6) is -0.214. The molecule has 3 heterocycles. The number of carbonyl (C=O) groups excluding carboxylic acids is 2. The number of hydrogen-bond acceptors (Lipinski definition) is 7. The van der Waals surface area contributed by atoms with Crippen molar-refractivity contribution in [3.05, 3.63) is 23.8 Å². The first-order chi connectivity index (χ1) is 18.1. The van der Waals surface area contributed by atoms with E-state index in [1.807, 2.05) is 6.92 Å². The maximum Gasteiger partial charge on any atom is 0.302 e. The zero-order valence-corrected chi connectivity index (χ0v) is 24.7. The summed E-state index contributed by atoms with van der Waals surface area (Å²) in [7, 11) is 0. The van der Waals surface area contributed by atoms with Gasteiger partial charge in [0.25, 0.3) is 5.97 Å². The fourth-order valence-electron chi connectivity index (χ4n) is 10.5. The molecule has 2 bridgehead atoms. The molecule has 214 valence electrons. The first-order valence-corrected chi connectivity index (χ1v) is 14.9. The van der Waals surface area contributed by atoms with Gasteiger partial charge in [0.05, 0.1) is 17.8 Å². The molecule has 0 N–H and O–H groups in total. The molecule has 0 aromatic rings. The van der Waals surface area contributed by atoms with Crippen molar-refractivity contribution in [2.24, 2.45) is 34.5 Å². The number of carbonyl (C=O) groups is 2. The lowest BCUT2D eigenvalue weighted by atomic mass is 9.46. The average Bonchev–Trinajstić information content (AvgIpc) is 3.46. The lowest BCUT2D eigenvalue weighted by Gasteiger charge is -2.60. The van der Waals surface area contributed by atoms with Gasteiger partial charge in [-0.2, -0.15) is 0 Å². The predicted molar refractivity (Wildman–Crippen MR) is 142 cm³/mol. The van der Waals surface area contributed by atoms with Gasteiger partial charge in [0.2, 0.25) is 0 Å². The SMILES string of the molecule is CC(=O)O[C@@H]1CC2=CC(=O)C=C[C@]2(C)[C@H]2CC[C@@]3(C)[C@@H](C[C@@H]4O[C@@]43[C@H](C)[C@H]3C[C@@]4(C)O[C@@](C)(O3)OC4(C)C)[C@H]12. The van der Waals surface area contributed by atoms with E-state index in [1.165, 1.54) is 6.92 Å². The van der Waals surface area contributed by atoms with Crippen LogP contribution in [0.5, 0.6) is 0 Å². The molecule has 7 rings (SSSR count). The molecule has 7 aliphatic rings. The largest absolute Gasteiger partial charge is 0.462 e. The lowest BCUT2D eigenvalue weighted by molar-refractivity contribution is -0.386. The summed E-state index contributed by atoms with van der Waals surface area (Å²) in [6.07, 6.45) is 9.96. The Labute approximate surface area is 232 Å². The van der Waals surface area contributed by atoms with E-state index in [-0.39, 0.29) is 58.3 Å². The van der Waals surface area contributed by atoms with Gasteiger partial charge in [-0.05, 0) is 64.0 Å². The third-order valence-corrected chi connectivity index (χ3v) is 12.7. The van der Waals surface area contributed by atoms with Crippen LogP contribution in [-0.4, -0.2) is 52.8 Å². The highest BCUT2D eigenvalue weighted by atomic mass is 16.9. The smallest absolute Gasteiger partial charge is 0.302 e. The van der Waals surface area contributed by atoms with Crippen molar-refractivity contribution < 1.29 is 33.3 Å². The first-order valence-electron chi connectivity index (χ1n) is 14.9. The van der Waals surface area contributed by atoms with Gasteiger partial charge in [-0.25, -0.2) is 0 Å². The number of epoxide rings is 1. The summed E-state index contributed by atoms with van der Waals surface area (Å²) < 4.78 is 32.0. The molecule has 0 spiro atoms. The van der Waals surface area contributed by atoms with E-state index in [4.69, 9.17) is 23.7 Å². The summed E-state index contributed by atoms with van der Waals surface area (Å²) in [5.41, 5.74) is -0.310. The molecule has 6 fully saturated rings. The van der Waals surface area contributed by atoms with E-state index in [0.29, 0.717) is 18.3 Å². The zero-order chi connectivity index (χ0) is 28.0. The number of fused-ring (bicyclic) bond motifs is 9. The van der Waals surface area contributed by atoms with Crippen molar-refractivity contribution in [3.63, 3.8) is 0 Å². The van der Waals surface area contributed by atoms with Crippen molar-refractivity contribution in [1.82, 2.24) is 0 Å². The summed E-state index contributed by atoms with van der Waals surface area (Å²) in [6, 6.07) is 0. The third-order valence-electron chi connectivity index (χ3n) is 12.7. The Morgan fingerprint density at radius 3 is 2.51 bits per heavy atom. The zero-order valence-electron chi connectivity index (χ0n) is 24.7. The number of ether oxygens (including phenoxy) is 5. The van der Waals surface area contributed by atoms with E-state index >= 15 is 0 Å². The number of allylic oxidation sites excluding steroid dienone is 3. The summed E-state index contributed by atoms with van der Waals surface area (Å²) in [6.45, 7) is 16.7. The molecular formula is C32H44O7. The maximum absolute atomic E-state index is 12.3. The Hall–Kier alpha value is -1.54. The second kappa shape index (κ2) is 7.64. The van der Waals surface area contributed by atoms with Crippen LogP contribution in [0.15, 0.2) is 23.8 Å². The van der Waals surface area contributed by atoms with Gasteiger partial charge in [-0.15, -0.1) is 0 Å². The van der Waals surface area contributed by atoms with Crippen molar-refractivity contribution in [3.8, 4) is 0 Å². The van der Waals surface area contributed by atoms with Crippen LogP contribution < -0.4 is 0 Å². The van der Waals surface area contributed by atoms with Gasteiger partial charge in [0, 0.05) is 49.4 Å². The molecule has 7 heteroatoms. The number of hydrogen-bond donors (Lipinski definition) is 0. The number of ketones is 1. The Kier molecular flexibility index (Phi) is 5.17. The van der Waals surface area contributed by atoms with Gasteiger partial charge >= 0.3 is 5.97 Å². The van der Waals surface area contributed by atoms with Crippen molar-refractivity contribution in [2.75, 3.05) is 0 Å². The van der Waals surface area contributed by atoms with Gasteiger partial charge in [0.15, 0.2) is 5.78 Å². The Bertz CT molecular complexity index is 1200. The highest BCUT2D eigenvalue weighted by molar-refractivity contribution is 6.01. The summed E-state index contributed by atoms with van der Waals surface area (Å²) in [4.78, 5) is 24.6. The van der Waals surface area contributed by atoms with E-state index < -0.39 is 17.2 Å². The second-order valence-electron chi connectivity index (χ2n) is 14.9. The van der Waals surface area contributed by atoms with Crippen LogP contribution in [0.1, 0.15) is 87.5 Å². The quantitative estimate of drug-likeness (QED) is 0.356. The van der Waals surface area contributed by atoms with E-state index in [0.717, 1.165) is 31.3 Å². The van der Waals surface area contributed by atoms with Crippen LogP contribution in [-0.2, 0) is 33.3 Å². The molecule has 0 aromatic carbocycles. The fourth-order valence-corrected chi connectivity index (χ4v) is 10.5. The van der Waals surface area contributed by atoms with E-state index in [2.05, 4.69) is 47.6 Å². The topological polar surface area (TPSA) is 83.6 Å². The van der Waals surface area contributed by atoms with Crippen LogP contribution in [0.2, 0.25) is 0 Å². The summed E-state index contributed by atoms with van der Waals surface area (Å²) >= 11 is 0. The van der Waals surface area contributed by atoms with Crippen LogP contribution in [0.4, 0.5) is 0 Å². The van der Waals surface area contributed by atoms with Gasteiger partial charge < -0.3 is 23.7 Å². The molecule has 3 saturated carbocycles. The minimum atomic E-state index is -1.06. The monoisotopic (exact) mass is 540 g/mol. The van der Waals surface area contributed by atoms with E-state index in [1.54, 1.807) is 12.2 Å². The predicted octanol–water partition coefficient (Wildman–Crippen LogP) is 5.27. The molecular weight excluding hydrogens is 496 g/mol. The molecule has 4 aliphatic carbocycles. The first kappa shape index (κ1) is 26.4. The van der Waals surface area contributed by atoms with Gasteiger partial charge in [0.1, 0.15) is 17.3 Å². The Morgan fingerprint density at radius 2 is 1.82 bits per heavy atom. The van der Waals surface area contributed by atoms with Gasteiger partial charge in [-0.3, -0.25) is 9.59 Å². The molecule has 12 atom stereocenters. The highest BCUT2D eigenvalue weighted by Crippen LogP contribution is 2.76. The van der Waals surface area contributed by atoms with Gasteiger partial charge in [-0.1, -0.05) is 32.4 Å². The summed E-state index contributed by atoms with van der Waals surface area (Å²) in [5, 5.41) is 0. The van der Waals surface area contributed by atoms with Crippen LogP contribution >= 0.6 is 0 Å². The molecule has 0 amide bonds. The van der Waals surface area contributed by atoms with Crippen molar-refractivity contribution in [2.45, 2.75) is 129 Å². The molecule has 3 saturated heterocycles. The fraction of sp³-hybridized carbons (Fsp3) is 0.812.